The summed E-state index contributed by atoms with van der Waals surface area (Å²) < 4.78 is 37.5. The number of aryl methyl sites for hydroxylation is 2. The zero-order valence-electron chi connectivity index (χ0n) is 17.0. The Kier molecular flexibility index (Phi) is 7.36. The van der Waals surface area contributed by atoms with Crippen molar-refractivity contribution in [2.45, 2.75) is 25.2 Å². The molecule has 0 spiro atoms. The summed E-state index contributed by atoms with van der Waals surface area (Å²) in [4.78, 5) is 12.4. The van der Waals surface area contributed by atoms with Gasteiger partial charge in [0.05, 0.1) is 23.1 Å². The maximum Gasteiger partial charge on any atom is 0.262 e. The molecule has 3 rings (SSSR count). The number of benzene rings is 2. The van der Waals surface area contributed by atoms with Gasteiger partial charge in [0, 0.05) is 18.8 Å². The molecule has 1 fully saturated rings. The van der Waals surface area contributed by atoms with Crippen molar-refractivity contribution in [1.29, 1.82) is 0 Å². The van der Waals surface area contributed by atoms with Crippen molar-refractivity contribution in [2.75, 3.05) is 38.2 Å². The molecule has 1 heterocycles. The van der Waals surface area contributed by atoms with Gasteiger partial charge in [-0.1, -0.05) is 36.7 Å². The van der Waals surface area contributed by atoms with Crippen LogP contribution in [0.1, 0.15) is 18.1 Å². The van der Waals surface area contributed by atoms with Crippen molar-refractivity contribution >= 4 is 33.2 Å². The van der Waals surface area contributed by atoms with Crippen LogP contribution in [-0.2, 0) is 26.0 Å². The standard InChI is InChI=1S/C21H25ClN2O5S/c1-3-16-6-4-5-15(2)21(16)23-20(25)14-29-19-8-7-17(13-18(19)22)30(26,27)24-9-11-28-12-10-24/h4-8,13H,3,9-12,14H2,1-2H3,(H,23,25). The molecule has 1 saturated heterocycles. The molecule has 0 aromatic heterocycles. The second-order valence-corrected chi connectivity index (χ2v) is 9.25. The smallest absolute Gasteiger partial charge is 0.262 e. The van der Waals surface area contributed by atoms with Crippen LogP contribution in [0.4, 0.5) is 5.69 Å². The van der Waals surface area contributed by atoms with Crippen molar-refractivity contribution in [3.8, 4) is 5.75 Å². The highest BCUT2D eigenvalue weighted by Gasteiger charge is 2.27. The minimum absolute atomic E-state index is 0.0821. The third kappa shape index (κ3) is 5.13. The van der Waals surface area contributed by atoms with Gasteiger partial charge in [-0.15, -0.1) is 0 Å². The number of amides is 1. The van der Waals surface area contributed by atoms with Gasteiger partial charge in [-0.25, -0.2) is 8.42 Å². The highest BCUT2D eigenvalue weighted by Crippen LogP contribution is 2.29. The van der Waals surface area contributed by atoms with Crippen LogP contribution in [0.3, 0.4) is 0 Å². The molecule has 0 bridgehead atoms. The zero-order chi connectivity index (χ0) is 21.7. The Morgan fingerprint density at radius 2 is 1.97 bits per heavy atom. The van der Waals surface area contributed by atoms with Gasteiger partial charge in [0.15, 0.2) is 6.61 Å². The van der Waals surface area contributed by atoms with E-state index in [2.05, 4.69) is 5.32 Å². The van der Waals surface area contributed by atoms with Gasteiger partial charge < -0.3 is 14.8 Å². The first-order valence-corrected chi connectivity index (χ1v) is 11.5. The van der Waals surface area contributed by atoms with Crippen molar-refractivity contribution in [3.63, 3.8) is 0 Å². The van der Waals surface area contributed by atoms with E-state index in [-0.39, 0.29) is 28.2 Å². The summed E-state index contributed by atoms with van der Waals surface area (Å²) in [6.07, 6.45) is 0.795. The number of nitrogens with zero attached hydrogens (tertiary/aromatic N) is 1. The number of para-hydroxylation sites is 1. The predicted molar refractivity (Wildman–Crippen MR) is 116 cm³/mol. The second kappa shape index (κ2) is 9.78. The fourth-order valence-corrected chi connectivity index (χ4v) is 4.95. The summed E-state index contributed by atoms with van der Waals surface area (Å²) in [6, 6.07) is 10.1. The molecule has 2 aromatic carbocycles. The van der Waals surface area contributed by atoms with E-state index >= 15 is 0 Å². The number of sulfonamides is 1. The number of ether oxygens (including phenoxy) is 2. The molecule has 1 aliphatic heterocycles. The van der Waals surface area contributed by atoms with Gasteiger partial charge in [-0.3, -0.25) is 4.79 Å². The molecule has 30 heavy (non-hydrogen) atoms. The van der Waals surface area contributed by atoms with E-state index in [0.717, 1.165) is 23.2 Å². The molecule has 0 saturated carbocycles. The van der Waals surface area contributed by atoms with Crippen LogP contribution in [0.15, 0.2) is 41.3 Å². The molecule has 2 aromatic rings. The maximum atomic E-state index is 12.7. The fraction of sp³-hybridized carbons (Fsp3) is 0.381. The Morgan fingerprint density at radius 1 is 1.23 bits per heavy atom. The van der Waals surface area contributed by atoms with E-state index < -0.39 is 10.0 Å². The van der Waals surface area contributed by atoms with Crippen LogP contribution in [0.5, 0.6) is 5.75 Å². The number of rotatable bonds is 7. The van der Waals surface area contributed by atoms with Crippen LogP contribution >= 0.6 is 11.6 Å². The summed E-state index contributed by atoms with van der Waals surface area (Å²) in [5.74, 6) is -0.0756. The molecular weight excluding hydrogens is 428 g/mol. The molecular formula is C21H25ClN2O5S. The second-order valence-electron chi connectivity index (χ2n) is 6.91. The molecule has 0 aliphatic carbocycles. The molecule has 9 heteroatoms. The van der Waals surface area contributed by atoms with Gasteiger partial charge >= 0.3 is 0 Å². The number of halogens is 1. The van der Waals surface area contributed by atoms with Crippen LogP contribution in [-0.4, -0.2) is 51.5 Å². The number of nitrogens with one attached hydrogen (secondary N) is 1. The van der Waals surface area contributed by atoms with Crippen molar-refractivity contribution < 1.29 is 22.7 Å². The van der Waals surface area contributed by atoms with Crippen LogP contribution in [0.25, 0.3) is 0 Å². The van der Waals surface area contributed by atoms with Crippen molar-refractivity contribution in [3.05, 3.63) is 52.5 Å². The SMILES string of the molecule is CCc1cccc(C)c1NC(=O)COc1ccc(S(=O)(=O)N2CCOCC2)cc1Cl. The van der Waals surface area contributed by atoms with E-state index in [1.54, 1.807) is 0 Å². The highest BCUT2D eigenvalue weighted by atomic mass is 35.5. The summed E-state index contributed by atoms with van der Waals surface area (Å²) in [5, 5.41) is 3.00. The fourth-order valence-electron chi connectivity index (χ4n) is 3.22. The number of carbonyl (C=O) groups excluding carboxylic acids is 1. The van der Waals surface area contributed by atoms with Crippen LogP contribution in [0, 0.1) is 6.92 Å². The number of hydrogen-bond acceptors (Lipinski definition) is 5. The van der Waals surface area contributed by atoms with Crippen molar-refractivity contribution in [2.24, 2.45) is 0 Å². The third-order valence-electron chi connectivity index (χ3n) is 4.87. The zero-order valence-corrected chi connectivity index (χ0v) is 18.6. The summed E-state index contributed by atoms with van der Waals surface area (Å²) in [7, 11) is -3.65. The molecule has 162 valence electrons. The first kappa shape index (κ1) is 22.6. The summed E-state index contributed by atoms with van der Waals surface area (Å²) in [6.45, 7) is 5.04. The molecule has 7 nitrogen and oxygen atoms in total. The van der Waals surface area contributed by atoms with Gasteiger partial charge in [-0.05, 0) is 42.7 Å². The van der Waals surface area contributed by atoms with Crippen molar-refractivity contribution in [1.82, 2.24) is 4.31 Å². The Balaban J connectivity index is 1.66. The normalized spacial score (nSPS) is 15.0. The number of carbonyl (C=O) groups is 1. The predicted octanol–water partition coefficient (Wildman–Crippen LogP) is 3.25. The van der Waals surface area contributed by atoms with E-state index in [4.69, 9.17) is 21.1 Å². The lowest BCUT2D eigenvalue weighted by Gasteiger charge is -2.26. The van der Waals surface area contributed by atoms with E-state index in [1.807, 2.05) is 32.0 Å². The molecule has 1 amide bonds. The average Bonchev–Trinajstić information content (AvgIpc) is 2.74. The molecule has 0 unspecified atom stereocenters. The third-order valence-corrected chi connectivity index (χ3v) is 7.06. The minimum Gasteiger partial charge on any atom is -0.482 e. The lowest BCUT2D eigenvalue weighted by Crippen LogP contribution is -2.40. The monoisotopic (exact) mass is 452 g/mol. The quantitative estimate of drug-likeness (QED) is 0.697. The summed E-state index contributed by atoms with van der Waals surface area (Å²) in [5.41, 5.74) is 2.80. The Morgan fingerprint density at radius 3 is 2.63 bits per heavy atom. The molecule has 0 radical (unpaired) electrons. The lowest BCUT2D eigenvalue weighted by molar-refractivity contribution is -0.118. The molecule has 1 N–H and O–H groups in total. The number of morpholine rings is 1. The first-order chi connectivity index (χ1) is 14.3. The highest BCUT2D eigenvalue weighted by molar-refractivity contribution is 7.89. The Bertz CT molecular complexity index is 1020. The van der Waals surface area contributed by atoms with E-state index in [0.29, 0.717) is 26.3 Å². The van der Waals surface area contributed by atoms with Crippen LogP contribution < -0.4 is 10.1 Å². The topological polar surface area (TPSA) is 84.9 Å². The minimum atomic E-state index is -3.65. The van der Waals surface area contributed by atoms with E-state index in [9.17, 15) is 13.2 Å². The Hall–Kier alpha value is -2.13. The lowest BCUT2D eigenvalue weighted by atomic mass is 10.1. The number of hydrogen-bond donors (Lipinski definition) is 1. The van der Waals surface area contributed by atoms with Gasteiger partial charge in [0.1, 0.15) is 5.75 Å². The molecule has 1 aliphatic rings. The maximum absolute atomic E-state index is 12.7. The van der Waals surface area contributed by atoms with Gasteiger partial charge in [0.2, 0.25) is 10.0 Å². The summed E-state index contributed by atoms with van der Waals surface area (Å²) >= 11 is 6.23. The first-order valence-electron chi connectivity index (χ1n) is 9.71. The van der Waals surface area contributed by atoms with Crippen LogP contribution in [0.2, 0.25) is 5.02 Å². The Labute approximate surface area is 182 Å². The van der Waals surface area contributed by atoms with Gasteiger partial charge in [-0.2, -0.15) is 4.31 Å². The largest absolute Gasteiger partial charge is 0.482 e. The van der Waals surface area contributed by atoms with Gasteiger partial charge in [0.25, 0.3) is 5.91 Å². The number of anilines is 1. The average molecular weight is 453 g/mol. The van der Waals surface area contributed by atoms with E-state index in [1.165, 1.54) is 22.5 Å². The molecule has 0 atom stereocenters.